The van der Waals surface area contributed by atoms with Gasteiger partial charge in [0.25, 0.3) is 11.8 Å². The van der Waals surface area contributed by atoms with E-state index >= 15 is 0 Å². The minimum absolute atomic E-state index is 0. The molecule has 0 saturated heterocycles. The molecule has 0 aromatic heterocycles. The molecule has 13 heteroatoms. The van der Waals surface area contributed by atoms with Crippen molar-refractivity contribution in [3.63, 3.8) is 0 Å². The molecule has 0 spiro atoms. The SMILES string of the molecule is CC(C)(C)OC(=O)NC/C(=C\F)COc1ccc2c(c1)CCN(C1CC1)C2=O.Cl.NC/C(=C\F)COc1ccc2c(c1)CCN(C1CC1)C2=O. The highest BCUT2D eigenvalue weighted by Crippen LogP contribution is 2.34. The zero-order chi connectivity index (χ0) is 35.1. The van der Waals surface area contributed by atoms with E-state index in [0.717, 1.165) is 73.9 Å². The molecule has 3 N–H and O–H groups in total. The Morgan fingerprint density at radius 1 is 0.840 bits per heavy atom. The zero-order valence-electron chi connectivity index (χ0n) is 28.8. The van der Waals surface area contributed by atoms with Gasteiger partial charge in [-0.1, -0.05) is 0 Å². The Balaban J connectivity index is 0.000000229. The van der Waals surface area contributed by atoms with Gasteiger partial charge in [-0.2, -0.15) is 0 Å². The second-order valence-corrected chi connectivity index (χ2v) is 13.8. The summed E-state index contributed by atoms with van der Waals surface area (Å²) in [6.07, 6.45) is 6.37. The average molecular weight is 717 g/mol. The monoisotopic (exact) mass is 716 g/mol. The Bertz CT molecular complexity index is 1600. The van der Waals surface area contributed by atoms with E-state index < -0.39 is 11.7 Å². The Morgan fingerprint density at radius 2 is 1.30 bits per heavy atom. The summed E-state index contributed by atoms with van der Waals surface area (Å²) in [5.74, 6) is 1.43. The number of rotatable bonds is 11. The molecule has 0 radical (unpaired) electrons. The van der Waals surface area contributed by atoms with Gasteiger partial charge in [0.05, 0.1) is 12.7 Å². The van der Waals surface area contributed by atoms with Crippen LogP contribution in [0.1, 0.15) is 78.3 Å². The predicted octanol–water partition coefficient (Wildman–Crippen LogP) is 6.06. The molecule has 0 atom stereocenters. The van der Waals surface area contributed by atoms with Gasteiger partial charge in [-0.3, -0.25) is 9.59 Å². The maximum atomic E-state index is 13.1. The van der Waals surface area contributed by atoms with E-state index in [9.17, 15) is 23.2 Å². The number of ether oxygens (including phenoxy) is 3. The van der Waals surface area contributed by atoms with Gasteiger partial charge in [-0.05, 0) is 107 Å². The summed E-state index contributed by atoms with van der Waals surface area (Å²) in [6.45, 7) is 7.03. The maximum absolute atomic E-state index is 13.1. The van der Waals surface area contributed by atoms with Crippen molar-refractivity contribution in [2.75, 3.05) is 39.4 Å². The highest BCUT2D eigenvalue weighted by molar-refractivity contribution is 5.98. The van der Waals surface area contributed by atoms with Crippen LogP contribution in [0.2, 0.25) is 0 Å². The number of nitrogens with one attached hydrogen (secondary N) is 1. The second-order valence-electron chi connectivity index (χ2n) is 13.8. The molecule has 2 heterocycles. The molecule has 272 valence electrons. The quantitative estimate of drug-likeness (QED) is 0.290. The largest absolute Gasteiger partial charge is 0.489 e. The minimum Gasteiger partial charge on any atom is -0.489 e. The summed E-state index contributed by atoms with van der Waals surface area (Å²) in [6, 6.07) is 11.7. The third-order valence-electron chi connectivity index (χ3n) is 8.63. The van der Waals surface area contributed by atoms with E-state index in [0.29, 0.717) is 41.8 Å². The number of hydrogen-bond donors (Lipinski definition) is 2. The molecule has 0 bridgehead atoms. The molecule has 2 aromatic carbocycles. The first-order valence-corrected chi connectivity index (χ1v) is 16.9. The molecule has 3 amide bonds. The van der Waals surface area contributed by atoms with E-state index in [2.05, 4.69) is 5.32 Å². The lowest BCUT2D eigenvalue weighted by Crippen LogP contribution is -2.39. The first-order chi connectivity index (χ1) is 23.5. The third-order valence-corrected chi connectivity index (χ3v) is 8.63. The number of fused-ring (bicyclic) bond motifs is 2. The Labute approximate surface area is 298 Å². The van der Waals surface area contributed by atoms with Crippen molar-refractivity contribution in [1.82, 2.24) is 15.1 Å². The van der Waals surface area contributed by atoms with Crippen molar-refractivity contribution in [2.45, 2.75) is 77.0 Å². The molecule has 2 fully saturated rings. The summed E-state index contributed by atoms with van der Waals surface area (Å²) < 4.78 is 41.9. The van der Waals surface area contributed by atoms with Crippen LogP contribution in [0.4, 0.5) is 13.6 Å². The molecule has 2 aliphatic carbocycles. The van der Waals surface area contributed by atoms with Crippen molar-refractivity contribution in [3.05, 3.63) is 82.5 Å². The number of amides is 3. The molecule has 50 heavy (non-hydrogen) atoms. The first kappa shape index (κ1) is 38.6. The third kappa shape index (κ3) is 10.4. The Kier molecular flexibility index (Phi) is 13.3. The highest BCUT2D eigenvalue weighted by Gasteiger charge is 2.37. The summed E-state index contributed by atoms with van der Waals surface area (Å²) in [4.78, 5) is 40.5. The molecule has 2 aliphatic heterocycles. The van der Waals surface area contributed by atoms with Crippen molar-refractivity contribution in [3.8, 4) is 11.5 Å². The second kappa shape index (κ2) is 17.2. The zero-order valence-corrected chi connectivity index (χ0v) is 29.7. The van der Waals surface area contributed by atoms with Crippen molar-refractivity contribution in [2.24, 2.45) is 5.73 Å². The van der Waals surface area contributed by atoms with Crippen LogP contribution in [0.25, 0.3) is 0 Å². The maximum Gasteiger partial charge on any atom is 0.407 e. The standard InChI is InChI=1S/C21H27FN2O4.C16H19FN2O2.ClH/c1-21(2,3)28-20(26)23-12-14(11-22)13-27-17-6-7-18-15(10-17)8-9-24(19(18)25)16-4-5-16;17-8-11(9-18)10-21-14-3-4-15-12(7-14)5-6-19(16(15)20)13-1-2-13;/h6-7,10-11,16H,4-5,8-9,12-13H2,1-3H3,(H,23,26);3-4,7-8,13H,1-2,5-6,9-10,18H2;1H/b14-11+;11-8+;. The van der Waals surface area contributed by atoms with Gasteiger partial charge < -0.3 is 35.1 Å². The van der Waals surface area contributed by atoms with E-state index in [1.165, 1.54) is 0 Å². The molecule has 6 rings (SSSR count). The van der Waals surface area contributed by atoms with Crippen LogP contribution in [0.3, 0.4) is 0 Å². The molecule has 0 unspecified atom stereocenters. The number of hydrogen-bond acceptors (Lipinski definition) is 7. The molecular weight excluding hydrogens is 670 g/mol. The van der Waals surface area contributed by atoms with Crippen molar-refractivity contribution in [1.29, 1.82) is 0 Å². The molecule has 4 aliphatic rings. The van der Waals surface area contributed by atoms with E-state index in [4.69, 9.17) is 19.9 Å². The van der Waals surface area contributed by atoms with Gasteiger partial charge in [-0.15, -0.1) is 12.4 Å². The van der Waals surface area contributed by atoms with Crippen LogP contribution >= 0.6 is 12.4 Å². The van der Waals surface area contributed by atoms with E-state index in [1.54, 1.807) is 39.0 Å². The average Bonchev–Trinajstić information content (AvgIpc) is 4.00. The molecule has 2 aromatic rings. The molecule has 2 saturated carbocycles. The van der Waals surface area contributed by atoms with Gasteiger partial charge in [0.1, 0.15) is 30.3 Å². The lowest BCUT2D eigenvalue weighted by atomic mass is 9.98. The molecular formula is C37H47ClF2N4O6. The highest BCUT2D eigenvalue weighted by atomic mass is 35.5. The minimum atomic E-state index is -0.615. The lowest BCUT2D eigenvalue weighted by Gasteiger charge is -2.28. The Morgan fingerprint density at radius 3 is 1.70 bits per heavy atom. The van der Waals surface area contributed by atoms with Crippen LogP contribution in [-0.4, -0.2) is 84.8 Å². The van der Waals surface area contributed by atoms with Gasteiger partial charge in [0.15, 0.2) is 0 Å². The summed E-state index contributed by atoms with van der Waals surface area (Å²) in [7, 11) is 0. The summed E-state index contributed by atoms with van der Waals surface area (Å²) >= 11 is 0. The van der Waals surface area contributed by atoms with Crippen molar-refractivity contribution >= 4 is 30.3 Å². The topological polar surface area (TPSA) is 123 Å². The number of halogens is 3. The van der Waals surface area contributed by atoms with Gasteiger partial charge in [-0.25, -0.2) is 13.6 Å². The number of carbonyl (C=O) groups is 3. The summed E-state index contributed by atoms with van der Waals surface area (Å²) in [5.41, 5.74) is 8.90. The number of nitrogens with zero attached hydrogens (tertiary/aromatic N) is 2. The van der Waals surface area contributed by atoms with Crippen LogP contribution in [0.5, 0.6) is 11.5 Å². The van der Waals surface area contributed by atoms with Crippen LogP contribution < -0.4 is 20.5 Å². The van der Waals surface area contributed by atoms with E-state index in [-0.39, 0.29) is 56.1 Å². The Hall–Kier alpha value is -4.16. The van der Waals surface area contributed by atoms with Gasteiger partial charge in [0, 0.05) is 60.5 Å². The van der Waals surface area contributed by atoms with Crippen LogP contribution in [0.15, 0.2) is 60.2 Å². The predicted molar refractivity (Wildman–Crippen MR) is 188 cm³/mol. The van der Waals surface area contributed by atoms with Crippen molar-refractivity contribution < 1.29 is 37.4 Å². The smallest absolute Gasteiger partial charge is 0.407 e. The number of benzene rings is 2. The van der Waals surface area contributed by atoms with Gasteiger partial charge in [0.2, 0.25) is 0 Å². The fourth-order valence-corrected chi connectivity index (χ4v) is 5.72. The number of alkyl carbamates (subject to hydrolysis) is 1. The normalized spacial score (nSPS) is 17.5. The summed E-state index contributed by atoms with van der Waals surface area (Å²) in [5, 5.41) is 2.50. The van der Waals surface area contributed by atoms with Crippen LogP contribution in [-0.2, 0) is 17.6 Å². The fourth-order valence-electron chi connectivity index (χ4n) is 5.72. The van der Waals surface area contributed by atoms with Gasteiger partial charge >= 0.3 is 6.09 Å². The fraction of sp³-hybridized carbons (Fsp3) is 0.486. The lowest BCUT2D eigenvalue weighted by molar-refractivity contribution is 0.0530. The van der Waals surface area contributed by atoms with E-state index in [1.807, 2.05) is 28.0 Å². The molecule has 10 nitrogen and oxygen atoms in total. The number of nitrogens with two attached hydrogens (primary N) is 1. The number of carbonyl (C=O) groups excluding carboxylic acids is 3. The van der Waals surface area contributed by atoms with Crippen LogP contribution in [0, 0.1) is 0 Å². The first-order valence-electron chi connectivity index (χ1n) is 16.9.